The Hall–Kier alpha value is -7.68. The first-order valence-electron chi connectivity index (χ1n) is 24.4. The molecule has 0 aliphatic carbocycles. The summed E-state index contributed by atoms with van der Waals surface area (Å²) in [7, 11) is 2.92. The molecule has 0 radical (unpaired) electrons. The fourth-order valence-electron chi connectivity index (χ4n) is 8.54. The summed E-state index contributed by atoms with van der Waals surface area (Å²) in [4.78, 5) is 55.1. The van der Waals surface area contributed by atoms with Crippen molar-refractivity contribution in [3.63, 3.8) is 0 Å². The van der Waals surface area contributed by atoms with Crippen molar-refractivity contribution in [1.29, 1.82) is 0 Å². The molecule has 81 heavy (non-hydrogen) atoms. The van der Waals surface area contributed by atoms with E-state index in [0.29, 0.717) is 60.0 Å². The molecule has 2 N–H and O–H groups in total. The number of aromatic nitrogens is 4. The van der Waals surface area contributed by atoms with Gasteiger partial charge in [0.25, 0.3) is 11.8 Å². The van der Waals surface area contributed by atoms with Crippen molar-refractivity contribution in [2.24, 2.45) is 0 Å². The number of carbonyl (C=O) groups is 4. The molecule has 0 bridgehead atoms. The van der Waals surface area contributed by atoms with Crippen molar-refractivity contribution >= 4 is 70.2 Å². The van der Waals surface area contributed by atoms with E-state index in [0.717, 1.165) is 24.3 Å². The number of carbonyl (C=O) groups excluding carboxylic acids is 3. The van der Waals surface area contributed by atoms with Crippen LogP contribution in [0, 0.1) is 0 Å². The number of esters is 1. The Bertz CT molecular complexity index is 3580. The highest BCUT2D eigenvalue weighted by Crippen LogP contribution is 2.39. The quantitative estimate of drug-likeness (QED) is 0.0752. The smallest absolute Gasteiger partial charge is 0.416 e. The predicted octanol–water partition coefficient (Wildman–Crippen LogP) is 14.6. The molecule has 0 fully saturated rings. The topological polar surface area (TPSA) is 160 Å². The molecule has 2 heterocycles. The van der Waals surface area contributed by atoms with Crippen LogP contribution in [0.15, 0.2) is 146 Å². The first kappa shape index (κ1) is 61.0. The number of hydrogen-bond donors (Lipinski definition) is 2. The Morgan fingerprint density at radius 2 is 0.963 bits per heavy atom. The second kappa shape index (κ2) is 25.4. The molecule has 8 aromatic rings. The minimum Gasteiger partial charge on any atom is -0.479 e. The van der Waals surface area contributed by atoms with Crippen molar-refractivity contribution < 1.29 is 60.5 Å². The van der Waals surface area contributed by atoms with Crippen molar-refractivity contribution in [1.82, 2.24) is 29.4 Å². The van der Waals surface area contributed by atoms with Gasteiger partial charge < -0.3 is 24.7 Å². The molecule has 8 rings (SSSR count). The number of aliphatic hydroxyl groups is 1. The van der Waals surface area contributed by atoms with Gasteiger partial charge in [0.05, 0.1) is 74.6 Å². The van der Waals surface area contributed by atoms with E-state index in [1.807, 2.05) is 0 Å². The van der Waals surface area contributed by atoms with E-state index >= 15 is 0 Å². The van der Waals surface area contributed by atoms with Gasteiger partial charge in [-0.05, 0) is 105 Å². The number of aliphatic hydroxyl groups excluding tert-OH is 1. The van der Waals surface area contributed by atoms with Crippen LogP contribution in [0.4, 0.5) is 26.3 Å². The summed E-state index contributed by atoms with van der Waals surface area (Å²) in [6.07, 6.45) is -11.4. The molecule has 1 unspecified atom stereocenters. The molecular formula is C58H48Cl4F6N6O7. The maximum absolute atomic E-state index is 14.0. The molecule has 2 amide bonds. The van der Waals surface area contributed by atoms with Crippen molar-refractivity contribution in [3.8, 4) is 33.9 Å². The SMILES string of the molecule is CCOC(=O)Cc1c(C(=O)N(C)[C@H](C)c2ccc(C(F)(F)F)cc2)nn(-c2ccccc2Cl)c1-c1ccc(Cl)cc1.C[C@H](c1ccc(C(F)(F)F)cc1)N(C)C(=O)c1nn(-c2ccccc2Cl)c(-c2ccc(Cl)cc2)c1C(O)C(=O)O. The highest BCUT2D eigenvalue weighted by atomic mass is 35.5. The monoisotopic (exact) mass is 1190 g/mol. The normalized spacial score (nSPS) is 12.6. The Labute approximate surface area is 480 Å². The summed E-state index contributed by atoms with van der Waals surface area (Å²) < 4.78 is 86.3. The molecule has 0 spiro atoms. The van der Waals surface area contributed by atoms with Gasteiger partial charge in [0, 0.05) is 40.8 Å². The van der Waals surface area contributed by atoms with Gasteiger partial charge in [0.2, 0.25) is 0 Å². The molecule has 0 saturated carbocycles. The Morgan fingerprint density at radius 3 is 1.36 bits per heavy atom. The van der Waals surface area contributed by atoms with Crippen molar-refractivity contribution in [2.75, 3.05) is 20.7 Å². The minimum absolute atomic E-state index is 0.0239. The second-order valence-electron chi connectivity index (χ2n) is 18.2. The standard InChI is InChI=1S/C30H26Cl2F3N3O3.C28H22Cl2F3N3O4/c1-4-41-26(39)17-23-27(29(40)37(3)18(2)19-9-13-21(14-10-19)30(33,34)35)36-38(25-8-6-5-7-24(25)32)28(23)20-11-15-22(31)16-12-20;1-15(16-7-11-18(12-8-16)28(31,32)33)35(2)26(38)23-22(25(37)27(39)40)24(17-9-13-19(29)14-10-17)36(34-23)21-6-4-3-5-20(21)30/h5-16,18H,4,17H2,1-3H3;3-15,25,37H,1-2H3,(H,39,40)/t18-;15-,25?/m11/s1. The number of hydrogen-bond acceptors (Lipinski definition) is 8. The Morgan fingerprint density at radius 1 is 0.580 bits per heavy atom. The van der Waals surface area contributed by atoms with E-state index in [-0.39, 0.29) is 40.7 Å². The number of para-hydroxylation sites is 2. The molecule has 6 aromatic carbocycles. The third-order valence-corrected chi connectivity index (χ3v) is 14.2. The lowest BCUT2D eigenvalue weighted by atomic mass is 9.99. The zero-order chi connectivity index (χ0) is 59.2. The van der Waals surface area contributed by atoms with Gasteiger partial charge in [-0.15, -0.1) is 0 Å². The van der Waals surface area contributed by atoms with E-state index in [4.69, 9.17) is 51.1 Å². The maximum atomic E-state index is 14.0. The number of alkyl halides is 6. The van der Waals surface area contributed by atoms with Crippen LogP contribution in [0.5, 0.6) is 0 Å². The number of nitrogens with zero attached hydrogens (tertiary/aromatic N) is 6. The van der Waals surface area contributed by atoms with E-state index in [1.165, 1.54) is 57.5 Å². The first-order valence-corrected chi connectivity index (χ1v) is 26.0. The van der Waals surface area contributed by atoms with Gasteiger partial charge in [-0.3, -0.25) is 14.4 Å². The lowest BCUT2D eigenvalue weighted by Crippen LogP contribution is -2.31. The van der Waals surface area contributed by atoms with Gasteiger partial charge >= 0.3 is 24.3 Å². The van der Waals surface area contributed by atoms with Crippen LogP contribution in [0.2, 0.25) is 20.1 Å². The summed E-state index contributed by atoms with van der Waals surface area (Å²) >= 11 is 25.1. The van der Waals surface area contributed by atoms with Crippen LogP contribution in [0.25, 0.3) is 33.9 Å². The van der Waals surface area contributed by atoms with Crippen LogP contribution in [0.1, 0.15) is 93.3 Å². The number of halogens is 10. The summed E-state index contributed by atoms with van der Waals surface area (Å²) in [5.74, 6) is -3.50. The second-order valence-corrected chi connectivity index (χ2v) is 19.9. The molecule has 422 valence electrons. The predicted molar refractivity (Wildman–Crippen MR) is 295 cm³/mol. The summed E-state index contributed by atoms with van der Waals surface area (Å²) in [6, 6.07) is 34.1. The highest BCUT2D eigenvalue weighted by molar-refractivity contribution is 6.33. The van der Waals surface area contributed by atoms with Gasteiger partial charge in [-0.25, -0.2) is 14.2 Å². The van der Waals surface area contributed by atoms with Crippen molar-refractivity contribution in [2.45, 2.75) is 57.7 Å². The summed E-state index contributed by atoms with van der Waals surface area (Å²) in [6.45, 7) is 5.11. The largest absolute Gasteiger partial charge is 0.479 e. The van der Waals surface area contributed by atoms with Gasteiger partial charge in [0.15, 0.2) is 17.5 Å². The van der Waals surface area contributed by atoms with E-state index in [2.05, 4.69) is 10.2 Å². The van der Waals surface area contributed by atoms with Crippen molar-refractivity contribution in [3.05, 3.63) is 210 Å². The number of benzene rings is 6. The van der Waals surface area contributed by atoms with Crippen LogP contribution < -0.4 is 0 Å². The zero-order valence-electron chi connectivity index (χ0n) is 43.4. The molecule has 2 aromatic heterocycles. The number of rotatable bonds is 15. The third kappa shape index (κ3) is 13.7. The average Bonchev–Trinajstić information content (AvgIpc) is 4.26. The van der Waals surface area contributed by atoms with E-state index < -0.39 is 65.4 Å². The number of aliphatic carboxylic acids is 1. The average molecular weight is 1200 g/mol. The Balaban J connectivity index is 0.000000234. The van der Waals surface area contributed by atoms with Crippen LogP contribution in [-0.4, -0.2) is 84.0 Å². The number of amides is 2. The van der Waals surface area contributed by atoms with E-state index in [9.17, 15) is 55.7 Å². The molecule has 3 atom stereocenters. The lowest BCUT2D eigenvalue weighted by molar-refractivity contribution is -0.147. The lowest BCUT2D eigenvalue weighted by Gasteiger charge is -2.25. The number of carboxylic acid groups (broad SMARTS) is 1. The summed E-state index contributed by atoms with van der Waals surface area (Å²) in [5.41, 5.74) is 1.23. The molecule has 0 aliphatic heterocycles. The van der Waals surface area contributed by atoms with E-state index in [1.54, 1.807) is 118 Å². The number of ether oxygens (including phenoxy) is 1. The molecule has 13 nitrogen and oxygen atoms in total. The maximum Gasteiger partial charge on any atom is 0.416 e. The summed E-state index contributed by atoms with van der Waals surface area (Å²) in [5, 5.41) is 31.1. The van der Waals surface area contributed by atoms with Gasteiger partial charge in [-0.2, -0.15) is 36.5 Å². The van der Waals surface area contributed by atoms with Crippen LogP contribution in [-0.2, 0) is 33.1 Å². The zero-order valence-corrected chi connectivity index (χ0v) is 46.4. The first-order chi connectivity index (χ1) is 38.2. The molecular weight excluding hydrogens is 1150 g/mol. The van der Waals surface area contributed by atoms with Crippen LogP contribution in [0.3, 0.4) is 0 Å². The molecule has 0 aliphatic rings. The number of carboxylic acids is 1. The minimum atomic E-state index is -4.52. The fourth-order valence-corrected chi connectivity index (χ4v) is 9.22. The van der Waals surface area contributed by atoms with Crippen LogP contribution >= 0.6 is 46.4 Å². The Kier molecular flexibility index (Phi) is 19.1. The third-order valence-electron chi connectivity index (χ3n) is 13.1. The van der Waals surface area contributed by atoms with Gasteiger partial charge in [0.1, 0.15) is 0 Å². The fraction of sp³-hybridized carbons (Fsp3) is 0.207. The highest BCUT2D eigenvalue weighted by Gasteiger charge is 2.37. The molecule has 0 saturated heterocycles. The molecule has 23 heteroatoms. The van der Waals surface area contributed by atoms with Gasteiger partial charge in [-0.1, -0.05) is 119 Å².